The molecule has 1 saturated carbocycles. The summed E-state index contributed by atoms with van der Waals surface area (Å²) in [6.07, 6.45) is 3.06. The summed E-state index contributed by atoms with van der Waals surface area (Å²) >= 11 is 0. The van der Waals surface area contributed by atoms with Crippen molar-refractivity contribution in [2.75, 3.05) is 30.0 Å². The Morgan fingerprint density at radius 2 is 1.79 bits per heavy atom. The number of hydrogen-bond acceptors (Lipinski definition) is 4. The molecule has 2 aromatic rings. The van der Waals surface area contributed by atoms with Crippen LogP contribution in [0.3, 0.4) is 0 Å². The van der Waals surface area contributed by atoms with Crippen molar-refractivity contribution in [2.24, 2.45) is 5.41 Å². The molecule has 2 aliphatic heterocycles. The molecule has 28 heavy (non-hydrogen) atoms. The minimum atomic E-state index is -0.961. The normalized spacial score (nSPS) is 18.8. The lowest BCUT2D eigenvalue weighted by atomic mass is 9.97. The third kappa shape index (κ3) is 2.80. The maximum atomic E-state index is 13.3. The first-order valence-electron chi connectivity index (χ1n) is 9.78. The van der Waals surface area contributed by atoms with Gasteiger partial charge in [-0.3, -0.25) is 9.59 Å². The molecule has 0 aromatic heterocycles. The average Bonchev–Trinajstić information content (AvgIpc) is 3.55. The maximum Gasteiger partial charge on any atom is 0.242 e. The highest BCUT2D eigenvalue weighted by Crippen LogP contribution is 2.49. The van der Waals surface area contributed by atoms with Gasteiger partial charge in [-0.1, -0.05) is 18.2 Å². The molecule has 1 aliphatic carbocycles. The van der Waals surface area contributed by atoms with Gasteiger partial charge in [-0.25, -0.2) is 0 Å². The van der Waals surface area contributed by atoms with E-state index < -0.39 is 5.41 Å². The fraction of sp³-hybridized carbons (Fsp3) is 0.364. The Hall–Kier alpha value is -3.02. The first kappa shape index (κ1) is 17.1. The van der Waals surface area contributed by atoms with Crippen LogP contribution < -0.4 is 19.7 Å². The van der Waals surface area contributed by atoms with Crippen molar-refractivity contribution < 1.29 is 19.1 Å². The minimum absolute atomic E-state index is 0.0882. The summed E-state index contributed by atoms with van der Waals surface area (Å²) < 4.78 is 11.1. The van der Waals surface area contributed by atoms with Gasteiger partial charge in [-0.2, -0.15) is 0 Å². The van der Waals surface area contributed by atoms with Gasteiger partial charge in [0.15, 0.2) is 11.5 Å². The number of para-hydroxylation sites is 1. The molecule has 6 heteroatoms. The molecule has 5 rings (SSSR count). The average molecular weight is 378 g/mol. The van der Waals surface area contributed by atoms with Crippen molar-refractivity contribution in [3.63, 3.8) is 0 Å². The number of anilines is 2. The Kier molecular flexibility index (Phi) is 4.00. The van der Waals surface area contributed by atoms with Gasteiger partial charge in [0.1, 0.15) is 18.6 Å². The Balaban J connectivity index is 1.36. The van der Waals surface area contributed by atoms with Crippen LogP contribution in [-0.2, 0) is 16.0 Å². The molecule has 0 radical (unpaired) electrons. The first-order chi connectivity index (χ1) is 13.7. The lowest BCUT2D eigenvalue weighted by Gasteiger charge is -2.32. The molecule has 2 amide bonds. The number of amides is 2. The van der Waals surface area contributed by atoms with Crippen LogP contribution in [-0.4, -0.2) is 31.6 Å². The Labute approximate surface area is 163 Å². The highest BCUT2D eigenvalue weighted by Gasteiger charge is 2.58. The largest absolute Gasteiger partial charge is 0.486 e. The Morgan fingerprint density at radius 1 is 1.00 bits per heavy atom. The molecular formula is C22H22N2O4. The van der Waals surface area contributed by atoms with Gasteiger partial charge in [-0.15, -0.1) is 0 Å². The summed E-state index contributed by atoms with van der Waals surface area (Å²) in [5.74, 6) is 0.962. The summed E-state index contributed by atoms with van der Waals surface area (Å²) in [6, 6.07) is 13.3. The van der Waals surface area contributed by atoms with Crippen molar-refractivity contribution >= 4 is 23.2 Å². The van der Waals surface area contributed by atoms with Gasteiger partial charge in [-0.05, 0) is 49.4 Å². The number of fused-ring (bicyclic) bond motifs is 2. The summed E-state index contributed by atoms with van der Waals surface area (Å²) in [4.78, 5) is 28.2. The fourth-order valence-electron chi connectivity index (χ4n) is 4.04. The summed E-state index contributed by atoms with van der Waals surface area (Å²) in [7, 11) is 0. The van der Waals surface area contributed by atoms with Crippen LogP contribution in [0.25, 0.3) is 0 Å². The number of hydrogen-bond donors (Lipinski definition) is 1. The van der Waals surface area contributed by atoms with Gasteiger partial charge < -0.3 is 19.7 Å². The number of ether oxygens (including phenoxy) is 2. The van der Waals surface area contributed by atoms with Crippen LogP contribution in [0.4, 0.5) is 11.4 Å². The van der Waals surface area contributed by atoms with Gasteiger partial charge in [0.25, 0.3) is 0 Å². The quantitative estimate of drug-likeness (QED) is 0.833. The number of nitrogens with one attached hydrogen (secondary N) is 1. The summed E-state index contributed by atoms with van der Waals surface area (Å²) in [5.41, 5.74) is 1.77. The van der Waals surface area contributed by atoms with Crippen LogP contribution in [0.5, 0.6) is 11.5 Å². The molecule has 6 nitrogen and oxygen atoms in total. The van der Waals surface area contributed by atoms with Crippen LogP contribution in [0.2, 0.25) is 0 Å². The van der Waals surface area contributed by atoms with Gasteiger partial charge in [0, 0.05) is 24.0 Å². The highest BCUT2D eigenvalue weighted by molar-refractivity contribution is 6.18. The second-order valence-electron chi connectivity index (χ2n) is 7.58. The standard InChI is InChI=1S/C22H22N2O4/c25-20(23-16-7-8-18-19(14-16)28-13-12-27-18)22(9-10-22)21(26)24-11-3-5-15-4-1-2-6-17(15)24/h1-2,4,6-8,14H,3,5,9-13H2,(H,23,25). The summed E-state index contributed by atoms with van der Waals surface area (Å²) in [6.45, 7) is 1.67. The van der Waals surface area contributed by atoms with Crippen LogP contribution in [0, 0.1) is 5.41 Å². The SMILES string of the molecule is O=C(Nc1ccc2c(c1)OCCO2)C1(C(=O)N2CCCc3ccccc32)CC1. The molecule has 1 fully saturated rings. The molecule has 3 aliphatic rings. The third-order valence-corrected chi connectivity index (χ3v) is 5.75. The minimum Gasteiger partial charge on any atom is -0.486 e. The van der Waals surface area contributed by atoms with E-state index >= 15 is 0 Å². The molecule has 2 aromatic carbocycles. The van der Waals surface area contributed by atoms with E-state index in [2.05, 4.69) is 11.4 Å². The molecule has 0 atom stereocenters. The number of carbonyl (C=O) groups is 2. The van der Waals surface area contributed by atoms with Gasteiger partial charge in [0.05, 0.1) is 0 Å². The van der Waals surface area contributed by atoms with E-state index in [1.807, 2.05) is 18.2 Å². The number of aryl methyl sites for hydroxylation is 1. The van der Waals surface area contributed by atoms with E-state index in [1.165, 1.54) is 5.56 Å². The number of carbonyl (C=O) groups excluding carboxylic acids is 2. The fourth-order valence-corrected chi connectivity index (χ4v) is 4.04. The lowest BCUT2D eigenvalue weighted by molar-refractivity contribution is -0.132. The predicted octanol–water partition coefficient (Wildman–Crippen LogP) is 3.16. The van der Waals surface area contributed by atoms with E-state index in [4.69, 9.17) is 9.47 Å². The topological polar surface area (TPSA) is 67.9 Å². The molecule has 0 unspecified atom stereocenters. The zero-order chi connectivity index (χ0) is 19.1. The van der Waals surface area contributed by atoms with E-state index in [0.717, 1.165) is 18.5 Å². The molecule has 1 N–H and O–H groups in total. The molecule has 2 heterocycles. The summed E-state index contributed by atoms with van der Waals surface area (Å²) in [5, 5.41) is 2.92. The third-order valence-electron chi connectivity index (χ3n) is 5.75. The lowest BCUT2D eigenvalue weighted by Crippen LogP contribution is -2.45. The van der Waals surface area contributed by atoms with Gasteiger partial charge >= 0.3 is 0 Å². The van der Waals surface area contributed by atoms with Crippen LogP contribution >= 0.6 is 0 Å². The van der Waals surface area contributed by atoms with Crippen molar-refractivity contribution in [3.8, 4) is 11.5 Å². The molecule has 0 bridgehead atoms. The van der Waals surface area contributed by atoms with Crippen LogP contribution in [0.15, 0.2) is 42.5 Å². The van der Waals surface area contributed by atoms with E-state index in [9.17, 15) is 9.59 Å². The van der Waals surface area contributed by atoms with Crippen LogP contribution in [0.1, 0.15) is 24.8 Å². The molecule has 0 spiro atoms. The number of nitrogens with zero attached hydrogens (tertiary/aromatic N) is 1. The van der Waals surface area contributed by atoms with Crippen molar-refractivity contribution in [1.29, 1.82) is 0 Å². The van der Waals surface area contributed by atoms with E-state index in [1.54, 1.807) is 23.1 Å². The monoisotopic (exact) mass is 378 g/mol. The zero-order valence-corrected chi connectivity index (χ0v) is 15.6. The zero-order valence-electron chi connectivity index (χ0n) is 15.6. The second kappa shape index (κ2) is 6.55. The molecule has 0 saturated heterocycles. The molecular weight excluding hydrogens is 356 g/mol. The highest BCUT2D eigenvalue weighted by atomic mass is 16.6. The Morgan fingerprint density at radius 3 is 2.61 bits per heavy atom. The smallest absolute Gasteiger partial charge is 0.242 e. The Bertz CT molecular complexity index is 951. The van der Waals surface area contributed by atoms with E-state index in [0.29, 0.717) is 49.8 Å². The molecule has 144 valence electrons. The first-order valence-corrected chi connectivity index (χ1v) is 9.78. The maximum absolute atomic E-state index is 13.3. The second-order valence-corrected chi connectivity index (χ2v) is 7.58. The van der Waals surface area contributed by atoms with Crippen molar-refractivity contribution in [2.45, 2.75) is 25.7 Å². The number of rotatable bonds is 3. The van der Waals surface area contributed by atoms with Gasteiger partial charge in [0.2, 0.25) is 11.8 Å². The van der Waals surface area contributed by atoms with Crippen molar-refractivity contribution in [1.82, 2.24) is 0 Å². The van der Waals surface area contributed by atoms with E-state index in [-0.39, 0.29) is 11.8 Å². The van der Waals surface area contributed by atoms with Crippen molar-refractivity contribution in [3.05, 3.63) is 48.0 Å². The number of benzene rings is 2. The predicted molar refractivity (Wildman–Crippen MR) is 105 cm³/mol.